The van der Waals surface area contributed by atoms with Crippen molar-refractivity contribution in [1.29, 1.82) is 0 Å². The number of hydrogen-bond donors (Lipinski definition) is 0. The van der Waals surface area contributed by atoms with Crippen molar-refractivity contribution in [3.63, 3.8) is 0 Å². The lowest BCUT2D eigenvalue weighted by atomic mass is 9.46. The summed E-state index contributed by atoms with van der Waals surface area (Å²) < 4.78 is 10.3. The molecular formula is C23H38O4. The second-order valence-corrected chi connectivity index (χ2v) is 9.38. The van der Waals surface area contributed by atoms with Crippen molar-refractivity contribution in [2.75, 3.05) is 13.7 Å². The largest absolute Gasteiger partial charge is 0.469 e. The Morgan fingerprint density at radius 1 is 1.26 bits per heavy atom. The lowest BCUT2D eigenvalue weighted by molar-refractivity contribution is -0.168. The molecule has 2 fully saturated rings. The smallest absolute Gasteiger partial charge is 0.311 e. The van der Waals surface area contributed by atoms with Crippen LogP contribution in [0.15, 0.2) is 12.2 Å². The summed E-state index contributed by atoms with van der Waals surface area (Å²) in [6, 6.07) is 0. The number of carbonyl (C=O) groups is 2. The van der Waals surface area contributed by atoms with Crippen molar-refractivity contribution < 1.29 is 19.1 Å². The van der Waals surface area contributed by atoms with Crippen LogP contribution < -0.4 is 0 Å². The lowest BCUT2D eigenvalue weighted by Crippen LogP contribution is -2.53. The molecule has 2 rings (SSSR count). The third-order valence-corrected chi connectivity index (χ3v) is 7.54. The number of methoxy groups -OCH3 is 1. The average Bonchev–Trinajstić information content (AvgIpc) is 2.59. The van der Waals surface area contributed by atoms with Crippen molar-refractivity contribution in [2.45, 2.75) is 79.1 Å². The van der Waals surface area contributed by atoms with E-state index in [1.54, 1.807) is 0 Å². The minimum absolute atomic E-state index is 0.0422. The Kier molecular flexibility index (Phi) is 7.15. The number of carbonyl (C=O) groups excluding carboxylic acids is 2. The van der Waals surface area contributed by atoms with Gasteiger partial charge in [0.25, 0.3) is 0 Å². The van der Waals surface area contributed by atoms with E-state index in [1.807, 2.05) is 0 Å². The lowest BCUT2D eigenvalue weighted by Gasteiger charge is -2.57. The van der Waals surface area contributed by atoms with E-state index in [1.165, 1.54) is 19.6 Å². The van der Waals surface area contributed by atoms with E-state index >= 15 is 0 Å². The van der Waals surface area contributed by atoms with E-state index in [0.29, 0.717) is 24.4 Å². The predicted octanol–water partition coefficient (Wildman–Crippen LogP) is 5.31. The van der Waals surface area contributed by atoms with Gasteiger partial charge in [0.2, 0.25) is 0 Å². The molecule has 0 aromatic carbocycles. The first-order valence-corrected chi connectivity index (χ1v) is 10.5. The van der Waals surface area contributed by atoms with E-state index in [0.717, 1.165) is 51.4 Å². The van der Waals surface area contributed by atoms with Crippen LogP contribution in [0.25, 0.3) is 0 Å². The van der Waals surface area contributed by atoms with Crippen molar-refractivity contribution in [3.05, 3.63) is 12.2 Å². The Morgan fingerprint density at radius 2 is 1.96 bits per heavy atom. The van der Waals surface area contributed by atoms with Gasteiger partial charge in [0.15, 0.2) is 0 Å². The first-order valence-electron chi connectivity index (χ1n) is 10.5. The molecule has 4 nitrogen and oxygen atoms in total. The van der Waals surface area contributed by atoms with Crippen LogP contribution in [-0.2, 0) is 19.1 Å². The molecular weight excluding hydrogens is 340 g/mol. The maximum Gasteiger partial charge on any atom is 0.311 e. The number of allylic oxidation sites excluding steroid dienone is 1. The summed E-state index contributed by atoms with van der Waals surface area (Å²) in [5.41, 5.74) is 1.10. The van der Waals surface area contributed by atoms with E-state index in [2.05, 4.69) is 27.4 Å². The molecule has 0 N–H and O–H groups in total. The first kappa shape index (κ1) is 22.0. The minimum atomic E-state index is -0.373. The summed E-state index contributed by atoms with van der Waals surface area (Å²) in [6.45, 7) is 13.1. The topological polar surface area (TPSA) is 52.6 Å². The zero-order chi connectivity index (χ0) is 20.2. The maximum absolute atomic E-state index is 12.6. The molecule has 2 aliphatic carbocycles. The fourth-order valence-corrected chi connectivity index (χ4v) is 5.96. The summed E-state index contributed by atoms with van der Waals surface area (Å²) in [5.74, 6) is 1.08. The van der Waals surface area contributed by atoms with Gasteiger partial charge < -0.3 is 9.47 Å². The van der Waals surface area contributed by atoms with Crippen LogP contribution in [0.1, 0.15) is 79.1 Å². The fraction of sp³-hybridized carbons (Fsp3) is 0.826. The Morgan fingerprint density at radius 3 is 2.59 bits per heavy atom. The summed E-state index contributed by atoms with van der Waals surface area (Å²) >= 11 is 0. The molecule has 4 heteroatoms. The monoisotopic (exact) mass is 378 g/mol. The van der Waals surface area contributed by atoms with Gasteiger partial charge in [-0.05, 0) is 75.0 Å². The molecule has 5 unspecified atom stereocenters. The normalized spacial score (nSPS) is 34.5. The Hall–Kier alpha value is -1.32. The van der Waals surface area contributed by atoms with Gasteiger partial charge in [-0.3, -0.25) is 9.59 Å². The second-order valence-electron chi connectivity index (χ2n) is 9.38. The van der Waals surface area contributed by atoms with Crippen LogP contribution in [0.3, 0.4) is 0 Å². The highest BCUT2D eigenvalue weighted by molar-refractivity contribution is 5.77. The molecule has 0 bridgehead atoms. The van der Waals surface area contributed by atoms with Gasteiger partial charge in [-0.2, -0.15) is 0 Å². The van der Waals surface area contributed by atoms with E-state index in [4.69, 9.17) is 9.47 Å². The molecule has 0 heterocycles. The number of ether oxygens (including phenoxy) is 2. The molecule has 0 saturated heterocycles. The van der Waals surface area contributed by atoms with E-state index < -0.39 is 0 Å². The minimum Gasteiger partial charge on any atom is -0.469 e. The first-order chi connectivity index (χ1) is 12.6. The van der Waals surface area contributed by atoms with Crippen molar-refractivity contribution in [1.82, 2.24) is 0 Å². The summed E-state index contributed by atoms with van der Waals surface area (Å²) in [6.07, 6.45) is 8.32. The van der Waals surface area contributed by atoms with Crippen molar-refractivity contribution in [3.8, 4) is 0 Å². The number of esters is 2. The third-order valence-electron chi connectivity index (χ3n) is 7.54. The van der Waals surface area contributed by atoms with Crippen LogP contribution in [0.5, 0.6) is 0 Å². The molecule has 0 spiro atoms. The van der Waals surface area contributed by atoms with E-state index in [9.17, 15) is 9.59 Å². The van der Waals surface area contributed by atoms with Gasteiger partial charge in [-0.25, -0.2) is 0 Å². The molecule has 0 aromatic heterocycles. The Labute approximate surface area is 165 Å². The second kappa shape index (κ2) is 8.79. The van der Waals surface area contributed by atoms with Crippen LogP contribution in [-0.4, -0.2) is 25.7 Å². The number of hydrogen-bond acceptors (Lipinski definition) is 4. The van der Waals surface area contributed by atoms with Gasteiger partial charge in [0.1, 0.15) is 0 Å². The number of fused-ring (bicyclic) bond motifs is 1. The Balaban J connectivity index is 2.08. The summed E-state index contributed by atoms with van der Waals surface area (Å²) in [5, 5.41) is 0. The maximum atomic E-state index is 12.6. The Bertz CT molecular complexity index is 569. The van der Waals surface area contributed by atoms with Crippen molar-refractivity contribution >= 4 is 11.9 Å². The quantitative estimate of drug-likeness (QED) is 0.445. The van der Waals surface area contributed by atoms with Gasteiger partial charge in [-0.1, -0.05) is 32.4 Å². The van der Waals surface area contributed by atoms with Gasteiger partial charge in [0.05, 0.1) is 19.1 Å². The molecule has 0 amide bonds. The van der Waals surface area contributed by atoms with E-state index in [-0.39, 0.29) is 22.8 Å². The van der Waals surface area contributed by atoms with Gasteiger partial charge >= 0.3 is 11.9 Å². The SMILES string of the molecule is C=C1CCC2C(C)(C(=O)OC)CCCC2(C)C1CCC(C)CCOC(C)=O. The summed E-state index contributed by atoms with van der Waals surface area (Å²) in [4.78, 5) is 23.6. The molecule has 0 aliphatic heterocycles. The molecule has 2 aliphatic rings. The molecule has 5 atom stereocenters. The predicted molar refractivity (Wildman–Crippen MR) is 107 cm³/mol. The molecule has 154 valence electrons. The average molecular weight is 379 g/mol. The summed E-state index contributed by atoms with van der Waals surface area (Å²) in [7, 11) is 1.52. The molecule has 0 aromatic rings. The standard InChI is InChI=1S/C23H38O4/c1-16(12-15-27-18(3)24)8-10-19-17(2)9-11-20-22(19,4)13-7-14-23(20,5)21(25)26-6/h16,19-20H,2,7-15H2,1,3-6H3. The zero-order valence-corrected chi connectivity index (χ0v) is 17.9. The van der Waals surface area contributed by atoms with Gasteiger partial charge in [-0.15, -0.1) is 0 Å². The highest BCUT2D eigenvalue weighted by Gasteiger charge is 2.57. The molecule has 2 saturated carbocycles. The van der Waals surface area contributed by atoms with Crippen LogP contribution >= 0.6 is 0 Å². The third kappa shape index (κ3) is 4.57. The van der Waals surface area contributed by atoms with Crippen LogP contribution in [0.2, 0.25) is 0 Å². The van der Waals surface area contributed by atoms with Crippen LogP contribution in [0, 0.1) is 28.6 Å². The fourth-order valence-electron chi connectivity index (χ4n) is 5.96. The van der Waals surface area contributed by atoms with Crippen LogP contribution in [0.4, 0.5) is 0 Å². The highest BCUT2D eigenvalue weighted by atomic mass is 16.5. The zero-order valence-electron chi connectivity index (χ0n) is 17.9. The highest BCUT2D eigenvalue weighted by Crippen LogP contribution is 2.62. The molecule has 27 heavy (non-hydrogen) atoms. The van der Waals surface area contributed by atoms with Crippen molar-refractivity contribution in [2.24, 2.45) is 28.6 Å². The molecule has 0 radical (unpaired) electrons. The number of rotatable bonds is 7. The van der Waals surface area contributed by atoms with Gasteiger partial charge in [0, 0.05) is 6.92 Å².